The first kappa shape index (κ1) is 17.6. The van der Waals surface area contributed by atoms with Gasteiger partial charge < -0.3 is 9.47 Å². The Kier molecular flexibility index (Phi) is 5.45. The number of nitro groups is 1. The van der Waals surface area contributed by atoms with Crippen molar-refractivity contribution in [2.45, 2.75) is 51.9 Å². The van der Waals surface area contributed by atoms with Crippen LogP contribution in [0, 0.1) is 10.1 Å². The minimum Gasteiger partial charge on any atom is -0.353 e. The summed E-state index contributed by atoms with van der Waals surface area (Å²) in [6, 6.07) is 8.41. The van der Waals surface area contributed by atoms with Crippen molar-refractivity contribution in [1.82, 2.24) is 9.78 Å². The third kappa shape index (κ3) is 4.24. The molecular formula is C18H23N3O4. The molecule has 0 N–H and O–H groups in total. The Balaban J connectivity index is 1.82. The monoisotopic (exact) mass is 345 g/mol. The summed E-state index contributed by atoms with van der Waals surface area (Å²) < 4.78 is 13.3. The van der Waals surface area contributed by atoms with Crippen LogP contribution >= 0.6 is 0 Å². The van der Waals surface area contributed by atoms with Gasteiger partial charge >= 0.3 is 0 Å². The molecule has 0 radical (unpaired) electrons. The fourth-order valence-corrected chi connectivity index (χ4v) is 2.79. The second-order valence-electron chi connectivity index (χ2n) is 6.51. The van der Waals surface area contributed by atoms with E-state index in [-0.39, 0.29) is 17.9 Å². The van der Waals surface area contributed by atoms with Crippen LogP contribution in [0.4, 0.5) is 5.69 Å². The number of non-ortho nitro benzene ring substituents is 1. The molecule has 0 amide bonds. The van der Waals surface area contributed by atoms with Crippen LogP contribution in [-0.2, 0) is 16.1 Å². The molecule has 2 aromatic rings. The van der Waals surface area contributed by atoms with Crippen LogP contribution in [0.15, 0.2) is 30.3 Å². The van der Waals surface area contributed by atoms with Crippen molar-refractivity contribution in [3.63, 3.8) is 0 Å². The number of benzene rings is 1. The SMILES string of the molecule is CC(C)c1cc(COC2CCCCO2)n(-c2ccc([N+](=O)[O-])cc2)n1. The van der Waals surface area contributed by atoms with Crippen LogP contribution in [0.3, 0.4) is 0 Å². The lowest BCUT2D eigenvalue weighted by Gasteiger charge is -2.22. The lowest BCUT2D eigenvalue weighted by molar-refractivity contribution is -0.384. The molecule has 1 aromatic heterocycles. The van der Waals surface area contributed by atoms with Gasteiger partial charge in [0.2, 0.25) is 0 Å². The number of aromatic nitrogens is 2. The van der Waals surface area contributed by atoms with E-state index in [1.165, 1.54) is 12.1 Å². The molecule has 3 rings (SSSR count). The summed E-state index contributed by atoms with van der Waals surface area (Å²) in [6.45, 7) is 5.29. The van der Waals surface area contributed by atoms with Crippen LogP contribution in [0.1, 0.15) is 50.4 Å². The minimum atomic E-state index is -0.406. The van der Waals surface area contributed by atoms with Gasteiger partial charge in [0, 0.05) is 18.7 Å². The summed E-state index contributed by atoms with van der Waals surface area (Å²) in [7, 11) is 0. The Labute approximate surface area is 146 Å². The van der Waals surface area contributed by atoms with E-state index in [9.17, 15) is 10.1 Å². The van der Waals surface area contributed by atoms with Gasteiger partial charge in [-0.3, -0.25) is 10.1 Å². The fourth-order valence-electron chi connectivity index (χ4n) is 2.79. The van der Waals surface area contributed by atoms with Gasteiger partial charge in [0.15, 0.2) is 6.29 Å². The van der Waals surface area contributed by atoms with E-state index in [1.807, 2.05) is 6.07 Å². The predicted octanol–water partition coefficient (Wildman–Crippen LogP) is 3.95. The van der Waals surface area contributed by atoms with Gasteiger partial charge in [0.1, 0.15) is 0 Å². The maximum Gasteiger partial charge on any atom is 0.269 e. The highest BCUT2D eigenvalue weighted by atomic mass is 16.7. The molecule has 7 heteroatoms. The normalized spacial score (nSPS) is 17.8. The zero-order valence-corrected chi connectivity index (χ0v) is 14.6. The zero-order valence-electron chi connectivity index (χ0n) is 14.6. The second-order valence-corrected chi connectivity index (χ2v) is 6.51. The van der Waals surface area contributed by atoms with Crippen molar-refractivity contribution in [2.24, 2.45) is 0 Å². The van der Waals surface area contributed by atoms with E-state index in [1.54, 1.807) is 16.8 Å². The highest BCUT2D eigenvalue weighted by Crippen LogP contribution is 2.22. The van der Waals surface area contributed by atoms with Crippen LogP contribution in [0.25, 0.3) is 5.69 Å². The molecule has 134 valence electrons. The number of nitro benzene ring substituents is 1. The van der Waals surface area contributed by atoms with Crippen molar-refractivity contribution >= 4 is 5.69 Å². The smallest absolute Gasteiger partial charge is 0.269 e. The van der Waals surface area contributed by atoms with Gasteiger partial charge in [-0.1, -0.05) is 13.8 Å². The number of rotatable bonds is 6. The lowest BCUT2D eigenvalue weighted by Crippen LogP contribution is -2.22. The molecule has 1 fully saturated rings. The van der Waals surface area contributed by atoms with Crippen LogP contribution < -0.4 is 0 Å². The maximum atomic E-state index is 10.8. The summed E-state index contributed by atoms with van der Waals surface area (Å²) in [6.07, 6.45) is 2.93. The largest absolute Gasteiger partial charge is 0.353 e. The molecule has 0 aliphatic carbocycles. The zero-order chi connectivity index (χ0) is 17.8. The van der Waals surface area contributed by atoms with Gasteiger partial charge in [-0.25, -0.2) is 4.68 Å². The Morgan fingerprint density at radius 3 is 2.72 bits per heavy atom. The molecule has 1 aromatic carbocycles. The van der Waals surface area contributed by atoms with Crippen molar-refractivity contribution in [1.29, 1.82) is 0 Å². The van der Waals surface area contributed by atoms with Crippen LogP contribution in [0.2, 0.25) is 0 Å². The molecule has 2 heterocycles. The summed E-state index contributed by atoms with van der Waals surface area (Å²) in [5.74, 6) is 0.281. The van der Waals surface area contributed by atoms with Crippen molar-refractivity contribution < 1.29 is 14.4 Å². The average Bonchev–Trinajstić information content (AvgIpc) is 3.05. The first-order chi connectivity index (χ1) is 12.0. The molecular weight excluding hydrogens is 322 g/mol. The Hall–Kier alpha value is -2.25. The third-order valence-electron chi connectivity index (χ3n) is 4.25. The molecule has 1 saturated heterocycles. The number of ether oxygens (including phenoxy) is 2. The van der Waals surface area contributed by atoms with Crippen LogP contribution in [0.5, 0.6) is 0 Å². The summed E-state index contributed by atoms with van der Waals surface area (Å²) in [5, 5.41) is 15.5. The van der Waals surface area contributed by atoms with E-state index in [0.717, 1.165) is 42.9 Å². The van der Waals surface area contributed by atoms with E-state index in [2.05, 4.69) is 18.9 Å². The first-order valence-corrected chi connectivity index (χ1v) is 8.61. The number of hydrogen-bond acceptors (Lipinski definition) is 5. The minimum absolute atomic E-state index is 0.0633. The van der Waals surface area contributed by atoms with E-state index in [4.69, 9.17) is 9.47 Å². The topological polar surface area (TPSA) is 79.4 Å². The second kappa shape index (κ2) is 7.76. The average molecular weight is 345 g/mol. The fraction of sp³-hybridized carbons (Fsp3) is 0.500. The molecule has 7 nitrogen and oxygen atoms in total. The van der Waals surface area contributed by atoms with Crippen LogP contribution in [-0.4, -0.2) is 27.6 Å². The van der Waals surface area contributed by atoms with Gasteiger partial charge in [0.25, 0.3) is 5.69 Å². The standard InChI is InChI=1S/C18H23N3O4/c1-13(2)17-11-16(12-25-18-5-3-4-10-24-18)20(19-17)14-6-8-15(9-7-14)21(22)23/h6-9,11,13,18H,3-5,10,12H2,1-2H3. The predicted molar refractivity (Wildman–Crippen MR) is 92.7 cm³/mol. The van der Waals surface area contributed by atoms with E-state index >= 15 is 0 Å². The Morgan fingerprint density at radius 1 is 1.36 bits per heavy atom. The summed E-state index contributed by atoms with van der Waals surface area (Å²) >= 11 is 0. The lowest BCUT2D eigenvalue weighted by atomic mass is 10.1. The van der Waals surface area contributed by atoms with Gasteiger partial charge in [-0.05, 0) is 43.4 Å². The highest BCUT2D eigenvalue weighted by Gasteiger charge is 2.18. The van der Waals surface area contributed by atoms with Crippen molar-refractivity contribution in [2.75, 3.05) is 6.61 Å². The molecule has 1 unspecified atom stereocenters. The quantitative estimate of drug-likeness (QED) is 0.585. The van der Waals surface area contributed by atoms with Gasteiger partial charge in [-0.15, -0.1) is 0 Å². The summed E-state index contributed by atoms with van der Waals surface area (Å²) in [5.41, 5.74) is 2.71. The Morgan fingerprint density at radius 2 is 2.12 bits per heavy atom. The molecule has 0 spiro atoms. The van der Waals surface area contributed by atoms with Gasteiger partial charge in [-0.2, -0.15) is 5.10 Å². The third-order valence-corrected chi connectivity index (χ3v) is 4.25. The highest BCUT2D eigenvalue weighted by molar-refractivity contribution is 5.41. The summed E-state index contributed by atoms with van der Waals surface area (Å²) in [4.78, 5) is 10.4. The van der Waals surface area contributed by atoms with Gasteiger partial charge in [0.05, 0.1) is 28.6 Å². The molecule has 1 atom stereocenters. The molecule has 1 aliphatic rings. The number of nitrogens with zero attached hydrogens (tertiary/aromatic N) is 3. The molecule has 25 heavy (non-hydrogen) atoms. The molecule has 0 bridgehead atoms. The molecule has 0 saturated carbocycles. The van der Waals surface area contributed by atoms with E-state index in [0.29, 0.717) is 6.61 Å². The van der Waals surface area contributed by atoms with Crippen molar-refractivity contribution in [3.8, 4) is 5.69 Å². The first-order valence-electron chi connectivity index (χ1n) is 8.61. The number of hydrogen-bond donors (Lipinski definition) is 0. The van der Waals surface area contributed by atoms with E-state index < -0.39 is 4.92 Å². The molecule has 1 aliphatic heterocycles. The Bertz CT molecular complexity index is 718. The maximum absolute atomic E-state index is 10.8. The van der Waals surface area contributed by atoms with Crippen molar-refractivity contribution in [3.05, 3.63) is 51.8 Å².